The summed E-state index contributed by atoms with van der Waals surface area (Å²) >= 11 is 3.53. The van der Waals surface area contributed by atoms with E-state index in [2.05, 4.69) is 10.2 Å². The molecule has 1 aliphatic rings. The molecule has 3 nitrogen and oxygen atoms in total. The van der Waals surface area contributed by atoms with Gasteiger partial charge in [0.2, 0.25) is 5.13 Å². The summed E-state index contributed by atoms with van der Waals surface area (Å²) in [5, 5.41) is 10.3. The molecule has 1 saturated carbocycles. The number of rotatable bonds is 3. The van der Waals surface area contributed by atoms with Gasteiger partial charge in [-0.2, -0.15) is 11.8 Å². The lowest BCUT2D eigenvalue weighted by Gasteiger charge is -2.20. The van der Waals surface area contributed by atoms with Crippen LogP contribution in [0, 0.1) is 0 Å². The maximum atomic E-state index is 5.52. The van der Waals surface area contributed by atoms with Gasteiger partial charge in [-0.1, -0.05) is 30.6 Å². The molecule has 78 valence electrons. The van der Waals surface area contributed by atoms with Crippen LogP contribution < -0.4 is 5.73 Å². The number of hydrogen-bond donors (Lipinski definition) is 1. The van der Waals surface area contributed by atoms with E-state index in [1.165, 1.54) is 43.4 Å². The number of aromatic nitrogens is 2. The SMILES string of the molecule is Nc1nnc(CSC2CCCCC2)s1. The van der Waals surface area contributed by atoms with Crippen LogP contribution in [0.3, 0.4) is 0 Å². The Morgan fingerprint density at radius 1 is 1.29 bits per heavy atom. The van der Waals surface area contributed by atoms with E-state index < -0.39 is 0 Å². The van der Waals surface area contributed by atoms with E-state index in [0.29, 0.717) is 5.13 Å². The zero-order valence-electron chi connectivity index (χ0n) is 8.11. The first-order valence-electron chi connectivity index (χ1n) is 5.04. The highest BCUT2D eigenvalue weighted by molar-refractivity contribution is 7.99. The summed E-state index contributed by atoms with van der Waals surface area (Å²) in [7, 11) is 0. The highest BCUT2D eigenvalue weighted by Crippen LogP contribution is 2.31. The van der Waals surface area contributed by atoms with Gasteiger partial charge in [-0.25, -0.2) is 0 Å². The molecule has 0 atom stereocenters. The summed E-state index contributed by atoms with van der Waals surface area (Å²) < 4.78 is 0. The molecule has 1 heterocycles. The summed E-state index contributed by atoms with van der Waals surface area (Å²) in [6.07, 6.45) is 6.96. The quantitative estimate of drug-likeness (QED) is 0.866. The van der Waals surface area contributed by atoms with Gasteiger partial charge in [0.15, 0.2) is 0 Å². The summed E-state index contributed by atoms with van der Waals surface area (Å²) in [5.74, 6) is 0.986. The number of thioether (sulfide) groups is 1. The minimum Gasteiger partial charge on any atom is -0.374 e. The molecule has 1 aliphatic carbocycles. The molecule has 2 N–H and O–H groups in total. The standard InChI is InChI=1S/C9H15N3S2/c10-9-12-11-8(14-9)6-13-7-4-2-1-3-5-7/h7H,1-6H2,(H2,10,12). The molecule has 1 aromatic heterocycles. The van der Waals surface area contributed by atoms with Gasteiger partial charge < -0.3 is 5.73 Å². The fourth-order valence-electron chi connectivity index (χ4n) is 1.75. The zero-order valence-corrected chi connectivity index (χ0v) is 9.74. The summed E-state index contributed by atoms with van der Waals surface area (Å²) in [4.78, 5) is 0. The van der Waals surface area contributed by atoms with Crippen LogP contribution in [0.5, 0.6) is 0 Å². The normalized spacial score (nSPS) is 18.6. The van der Waals surface area contributed by atoms with Crippen LogP contribution in [0.25, 0.3) is 0 Å². The van der Waals surface area contributed by atoms with Gasteiger partial charge in [-0.15, -0.1) is 10.2 Å². The maximum absolute atomic E-state index is 5.52. The molecule has 1 aromatic rings. The first-order valence-corrected chi connectivity index (χ1v) is 6.90. The average molecular weight is 229 g/mol. The van der Waals surface area contributed by atoms with Gasteiger partial charge in [0, 0.05) is 11.0 Å². The molecule has 0 aromatic carbocycles. The minimum absolute atomic E-state index is 0.587. The topological polar surface area (TPSA) is 51.8 Å². The van der Waals surface area contributed by atoms with Crippen molar-refractivity contribution >= 4 is 28.2 Å². The lowest BCUT2D eigenvalue weighted by molar-refractivity contribution is 0.516. The number of nitrogen functional groups attached to an aromatic ring is 1. The number of nitrogens with two attached hydrogens (primary N) is 1. The van der Waals surface area contributed by atoms with Crippen molar-refractivity contribution in [2.75, 3.05) is 5.73 Å². The third-order valence-electron chi connectivity index (χ3n) is 2.48. The van der Waals surface area contributed by atoms with Crippen molar-refractivity contribution in [3.8, 4) is 0 Å². The molecule has 0 amide bonds. The van der Waals surface area contributed by atoms with Crippen molar-refractivity contribution in [1.82, 2.24) is 10.2 Å². The van der Waals surface area contributed by atoms with Gasteiger partial charge >= 0.3 is 0 Å². The predicted molar refractivity (Wildman–Crippen MR) is 62.5 cm³/mol. The lowest BCUT2D eigenvalue weighted by atomic mass is 10.0. The van der Waals surface area contributed by atoms with Crippen LogP contribution in [0.1, 0.15) is 37.1 Å². The fraction of sp³-hybridized carbons (Fsp3) is 0.778. The molecule has 0 saturated heterocycles. The lowest BCUT2D eigenvalue weighted by Crippen LogP contribution is -2.08. The van der Waals surface area contributed by atoms with Crippen molar-refractivity contribution < 1.29 is 0 Å². The van der Waals surface area contributed by atoms with E-state index in [-0.39, 0.29) is 0 Å². The molecule has 1 fully saturated rings. The van der Waals surface area contributed by atoms with Gasteiger partial charge in [-0.3, -0.25) is 0 Å². The van der Waals surface area contributed by atoms with Gasteiger partial charge in [0.1, 0.15) is 5.01 Å². The summed E-state index contributed by atoms with van der Waals surface area (Å²) in [6.45, 7) is 0. The molecule has 0 unspecified atom stereocenters. The number of anilines is 1. The van der Waals surface area contributed by atoms with Crippen molar-refractivity contribution in [2.45, 2.75) is 43.1 Å². The largest absolute Gasteiger partial charge is 0.374 e. The summed E-state index contributed by atoms with van der Waals surface area (Å²) in [5.41, 5.74) is 5.52. The molecule has 5 heteroatoms. The van der Waals surface area contributed by atoms with E-state index in [0.717, 1.165) is 16.0 Å². The Labute approximate surface area is 92.5 Å². The van der Waals surface area contributed by atoms with Gasteiger partial charge in [0.25, 0.3) is 0 Å². The Morgan fingerprint density at radius 2 is 2.07 bits per heavy atom. The molecule has 0 radical (unpaired) electrons. The maximum Gasteiger partial charge on any atom is 0.203 e. The monoisotopic (exact) mass is 229 g/mol. The Bertz CT molecular complexity index is 281. The molecule has 2 rings (SSSR count). The smallest absolute Gasteiger partial charge is 0.203 e. The molecule has 0 aliphatic heterocycles. The third-order valence-corrected chi connectivity index (χ3v) is 4.80. The molecule has 14 heavy (non-hydrogen) atoms. The molecular weight excluding hydrogens is 214 g/mol. The van der Waals surface area contributed by atoms with Crippen molar-refractivity contribution in [3.63, 3.8) is 0 Å². The van der Waals surface area contributed by atoms with Crippen LogP contribution in [-0.4, -0.2) is 15.4 Å². The minimum atomic E-state index is 0.587. The molecular formula is C9H15N3S2. The van der Waals surface area contributed by atoms with Crippen LogP contribution in [-0.2, 0) is 5.75 Å². The third kappa shape index (κ3) is 2.85. The van der Waals surface area contributed by atoms with Crippen LogP contribution in [0.2, 0.25) is 0 Å². The number of nitrogens with zero attached hydrogens (tertiary/aromatic N) is 2. The van der Waals surface area contributed by atoms with Crippen molar-refractivity contribution in [3.05, 3.63) is 5.01 Å². The van der Waals surface area contributed by atoms with E-state index in [1.54, 1.807) is 0 Å². The molecule has 0 bridgehead atoms. The van der Waals surface area contributed by atoms with Crippen molar-refractivity contribution in [2.24, 2.45) is 0 Å². The Kier molecular flexibility index (Phi) is 3.64. The van der Waals surface area contributed by atoms with E-state index in [4.69, 9.17) is 5.73 Å². The van der Waals surface area contributed by atoms with Gasteiger partial charge in [0.05, 0.1) is 0 Å². The second kappa shape index (κ2) is 4.98. The fourth-order valence-corrected chi connectivity index (χ4v) is 3.69. The van der Waals surface area contributed by atoms with Gasteiger partial charge in [-0.05, 0) is 12.8 Å². The first-order chi connectivity index (χ1) is 6.84. The zero-order chi connectivity index (χ0) is 9.80. The van der Waals surface area contributed by atoms with E-state index in [9.17, 15) is 0 Å². The number of hydrogen-bond acceptors (Lipinski definition) is 5. The Hall–Kier alpha value is -0.290. The van der Waals surface area contributed by atoms with E-state index >= 15 is 0 Å². The van der Waals surface area contributed by atoms with Crippen LogP contribution in [0.4, 0.5) is 5.13 Å². The first kappa shape index (κ1) is 10.2. The summed E-state index contributed by atoms with van der Waals surface area (Å²) in [6, 6.07) is 0. The predicted octanol–water partition coefficient (Wildman–Crippen LogP) is 2.69. The Balaban J connectivity index is 1.76. The van der Waals surface area contributed by atoms with Crippen LogP contribution >= 0.6 is 23.1 Å². The van der Waals surface area contributed by atoms with Crippen molar-refractivity contribution in [1.29, 1.82) is 0 Å². The Morgan fingerprint density at radius 3 is 2.71 bits per heavy atom. The molecule has 0 spiro atoms. The van der Waals surface area contributed by atoms with E-state index in [1.807, 2.05) is 11.8 Å². The highest BCUT2D eigenvalue weighted by atomic mass is 32.2. The average Bonchev–Trinajstić information content (AvgIpc) is 2.63. The second-order valence-corrected chi connectivity index (χ2v) is 5.99. The van der Waals surface area contributed by atoms with Crippen LogP contribution in [0.15, 0.2) is 0 Å². The second-order valence-electron chi connectivity index (χ2n) is 3.61. The highest BCUT2D eigenvalue weighted by Gasteiger charge is 2.14.